The first-order chi connectivity index (χ1) is 5.33. The van der Waals surface area contributed by atoms with Gasteiger partial charge in [-0.15, -0.1) is 0 Å². The molecule has 1 nitrogen and oxygen atoms in total. The molecule has 0 aromatic carbocycles. The first-order valence-electron chi connectivity index (χ1n) is 5.00. The molecule has 1 unspecified atom stereocenters. The van der Waals surface area contributed by atoms with Crippen LogP contribution in [0.3, 0.4) is 0 Å². The van der Waals surface area contributed by atoms with Crippen LogP contribution in [0.15, 0.2) is 0 Å². The molecular formula is C10H23N. The van der Waals surface area contributed by atoms with Gasteiger partial charge in [0.05, 0.1) is 0 Å². The van der Waals surface area contributed by atoms with Crippen molar-refractivity contribution in [1.29, 1.82) is 0 Å². The van der Waals surface area contributed by atoms with Crippen LogP contribution in [-0.2, 0) is 0 Å². The summed E-state index contributed by atoms with van der Waals surface area (Å²) in [5, 5.41) is 3.33. The van der Waals surface area contributed by atoms with Crippen LogP contribution < -0.4 is 5.32 Å². The molecule has 1 N–H and O–H groups in total. The van der Waals surface area contributed by atoms with Crippen LogP contribution >= 0.6 is 0 Å². The van der Waals surface area contributed by atoms with Crippen molar-refractivity contribution in [2.24, 2.45) is 5.92 Å². The molecule has 0 radical (unpaired) electrons. The van der Waals surface area contributed by atoms with E-state index < -0.39 is 0 Å². The molecule has 1 fully saturated rings. The lowest BCUT2D eigenvalue weighted by atomic mass is 9.87. The molecule has 1 aliphatic rings. The highest BCUT2D eigenvalue weighted by atomic mass is 14.9. The van der Waals surface area contributed by atoms with Gasteiger partial charge in [0, 0.05) is 6.04 Å². The highest BCUT2D eigenvalue weighted by Gasteiger charge is 2.16. The van der Waals surface area contributed by atoms with E-state index in [2.05, 4.69) is 19.3 Å². The number of hydrogen-bond acceptors (Lipinski definition) is 1. The number of rotatable bonds is 1. The molecule has 1 saturated carbocycles. The van der Waals surface area contributed by atoms with E-state index in [1.807, 2.05) is 13.8 Å². The monoisotopic (exact) mass is 157 g/mol. The number of hydrogen-bond donors (Lipinski definition) is 1. The van der Waals surface area contributed by atoms with Gasteiger partial charge in [-0.1, -0.05) is 33.6 Å². The first kappa shape index (κ1) is 11.0. The highest BCUT2D eigenvalue weighted by Crippen LogP contribution is 2.22. The Bertz CT molecular complexity index is 80.9. The van der Waals surface area contributed by atoms with Crippen molar-refractivity contribution in [2.45, 2.75) is 52.5 Å². The van der Waals surface area contributed by atoms with E-state index in [0.29, 0.717) is 0 Å². The van der Waals surface area contributed by atoms with Crippen molar-refractivity contribution in [3.05, 3.63) is 0 Å². The van der Waals surface area contributed by atoms with Crippen LogP contribution in [0.4, 0.5) is 0 Å². The van der Waals surface area contributed by atoms with Gasteiger partial charge in [-0.3, -0.25) is 0 Å². The highest BCUT2D eigenvalue weighted by molar-refractivity contribution is 4.73. The Hall–Kier alpha value is -0.0400. The van der Waals surface area contributed by atoms with Gasteiger partial charge in [0.15, 0.2) is 0 Å². The van der Waals surface area contributed by atoms with E-state index in [4.69, 9.17) is 0 Å². The molecule has 0 aliphatic heterocycles. The molecule has 1 aliphatic carbocycles. The Kier molecular flexibility index (Phi) is 6.63. The topological polar surface area (TPSA) is 12.0 Å². The van der Waals surface area contributed by atoms with E-state index in [1.54, 1.807) is 0 Å². The van der Waals surface area contributed by atoms with Crippen LogP contribution in [0.2, 0.25) is 0 Å². The van der Waals surface area contributed by atoms with Crippen molar-refractivity contribution < 1.29 is 0 Å². The molecule has 68 valence electrons. The van der Waals surface area contributed by atoms with Crippen LogP contribution in [-0.4, -0.2) is 13.1 Å². The predicted octanol–water partition coefficient (Wildman–Crippen LogP) is 2.81. The average molecular weight is 157 g/mol. The second-order valence-corrected chi connectivity index (χ2v) is 3.26. The van der Waals surface area contributed by atoms with Crippen molar-refractivity contribution in [1.82, 2.24) is 5.32 Å². The van der Waals surface area contributed by atoms with E-state index in [9.17, 15) is 0 Å². The fourth-order valence-corrected chi connectivity index (χ4v) is 1.70. The number of nitrogens with one attached hydrogen (secondary N) is 1. The summed E-state index contributed by atoms with van der Waals surface area (Å²) in [6.45, 7) is 6.35. The third kappa shape index (κ3) is 4.41. The molecule has 0 saturated heterocycles. The van der Waals surface area contributed by atoms with E-state index in [0.717, 1.165) is 12.0 Å². The maximum Gasteiger partial charge on any atom is 0.00666 e. The van der Waals surface area contributed by atoms with Crippen LogP contribution in [0.5, 0.6) is 0 Å². The van der Waals surface area contributed by atoms with E-state index in [-0.39, 0.29) is 0 Å². The van der Waals surface area contributed by atoms with Crippen molar-refractivity contribution in [2.75, 3.05) is 7.05 Å². The lowest BCUT2D eigenvalue weighted by molar-refractivity contribution is 0.314. The van der Waals surface area contributed by atoms with Gasteiger partial charge in [-0.25, -0.2) is 0 Å². The lowest BCUT2D eigenvalue weighted by Crippen LogP contribution is -2.30. The third-order valence-electron chi connectivity index (χ3n) is 2.34. The molecule has 0 aromatic rings. The smallest absolute Gasteiger partial charge is 0.00666 e. The SMILES string of the molecule is CC.CN[C@H]1CCCC(C)C1. The Balaban J connectivity index is 0.000000461. The average Bonchev–Trinajstić information content (AvgIpc) is 2.08. The third-order valence-corrected chi connectivity index (χ3v) is 2.34. The van der Waals surface area contributed by atoms with E-state index in [1.165, 1.54) is 25.7 Å². The molecule has 0 amide bonds. The molecule has 1 rings (SSSR count). The fraction of sp³-hybridized carbons (Fsp3) is 1.00. The summed E-state index contributed by atoms with van der Waals surface area (Å²) in [7, 11) is 2.07. The van der Waals surface area contributed by atoms with Crippen LogP contribution in [0.1, 0.15) is 46.5 Å². The molecular weight excluding hydrogens is 134 g/mol. The summed E-state index contributed by atoms with van der Waals surface area (Å²) in [5.41, 5.74) is 0. The molecule has 0 bridgehead atoms. The maximum atomic E-state index is 3.33. The normalized spacial score (nSPS) is 30.5. The summed E-state index contributed by atoms with van der Waals surface area (Å²) >= 11 is 0. The zero-order valence-electron chi connectivity index (χ0n) is 8.48. The van der Waals surface area contributed by atoms with Crippen LogP contribution in [0.25, 0.3) is 0 Å². The zero-order chi connectivity index (χ0) is 8.69. The zero-order valence-corrected chi connectivity index (χ0v) is 8.48. The van der Waals surface area contributed by atoms with Gasteiger partial charge < -0.3 is 5.32 Å². The summed E-state index contributed by atoms with van der Waals surface area (Å²) < 4.78 is 0. The van der Waals surface area contributed by atoms with Crippen molar-refractivity contribution in [3.63, 3.8) is 0 Å². The summed E-state index contributed by atoms with van der Waals surface area (Å²) in [6, 6.07) is 0.814. The molecule has 0 spiro atoms. The van der Waals surface area contributed by atoms with Crippen molar-refractivity contribution >= 4 is 0 Å². The standard InChI is InChI=1S/C8H17N.C2H6/c1-7-4-3-5-8(6-7)9-2;1-2/h7-9H,3-6H2,1-2H3;1-2H3/t7?,8-;/m0./s1. The summed E-state index contributed by atoms with van der Waals surface area (Å²) in [6.07, 6.45) is 5.64. The fourth-order valence-electron chi connectivity index (χ4n) is 1.70. The Morgan fingerprint density at radius 3 is 2.18 bits per heavy atom. The van der Waals surface area contributed by atoms with Gasteiger partial charge in [-0.2, -0.15) is 0 Å². The lowest BCUT2D eigenvalue weighted by Gasteiger charge is -2.25. The minimum absolute atomic E-state index is 0.814. The second kappa shape index (κ2) is 6.66. The van der Waals surface area contributed by atoms with E-state index >= 15 is 0 Å². The molecule has 1 heteroatoms. The van der Waals surface area contributed by atoms with Gasteiger partial charge in [-0.05, 0) is 25.8 Å². The summed E-state index contributed by atoms with van der Waals surface area (Å²) in [4.78, 5) is 0. The summed E-state index contributed by atoms with van der Waals surface area (Å²) in [5.74, 6) is 0.955. The molecule has 2 atom stereocenters. The molecule has 0 heterocycles. The predicted molar refractivity (Wildman–Crippen MR) is 51.8 cm³/mol. The first-order valence-corrected chi connectivity index (χ1v) is 5.00. The van der Waals surface area contributed by atoms with Gasteiger partial charge in [0.25, 0.3) is 0 Å². The maximum absolute atomic E-state index is 3.33. The quantitative estimate of drug-likeness (QED) is 0.617. The van der Waals surface area contributed by atoms with Gasteiger partial charge in [0.2, 0.25) is 0 Å². The molecule has 11 heavy (non-hydrogen) atoms. The Morgan fingerprint density at radius 2 is 1.82 bits per heavy atom. The Morgan fingerprint density at radius 1 is 1.18 bits per heavy atom. The molecule has 0 aromatic heterocycles. The minimum Gasteiger partial charge on any atom is -0.317 e. The Labute approximate surface area is 71.6 Å². The van der Waals surface area contributed by atoms with Crippen LogP contribution in [0, 0.1) is 5.92 Å². The largest absolute Gasteiger partial charge is 0.317 e. The van der Waals surface area contributed by atoms with Gasteiger partial charge >= 0.3 is 0 Å². The van der Waals surface area contributed by atoms with Crippen molar-refractivity contribution in [3.8, 4) is 0 Å². The van der Waals surface area contributed by atoms with Gasteiger partial charge in [0.1, 0.15) is 0 Å². The minimum atomic E-state index is 0.814. The second-order valence-electron chi connectivity index (χ2n) is 3.26.